The number of nitrogens with zero attached hydrogens (tertiary/aromatic N) is 4. The van der Waals surface area contributed by atoms with Gasteiger partial charge in [0, 0.05) is 48.7 Å². The summed E-state index contributed by atoms with van der Waals surface area (Å²) in [5.74, 6) is 2.21. The Labute approximate surface area is 202 Å². The minimum Gasteiger partial charge on any atom is -0.372 e. The molecule has 0 bridgehead atoms. The van der Waals surface area contributed by atoms with Crippen molar-refractivity contribution in [3.63, 3.8) is 0 Å². The largest absolute Gasteiger partial charge is 0.418 e. The van der Waals surface area contributed by atoms with E-state index in [0.29, 0.717) is 49.0 Å². The fourth-order valence-corrected chi connectivity index (χ4v) is 4.20. The summed E-state index contributed by atoms with van der Waals surface area (Å²) in [6.45, 7) is 1.16. The van der Waals surface area contributed by atoms with E-state index in [2.05, 4.69) is 26.6 Å². The lowest BCUT2D eigenvalue weighted by Crippen LogP contribution is -2.37. The van der Waals surface area contributed by atoms with Gasteiger partial charge in [-0.05, 0) is 50.0 Å². The van der Waals surface area contributed by atoms with Gasteiger partial charge in [-0.3, -0.25) is 4.98 Å². The van der Waals surface area contributed by atoms with Crippen LogP contribution in [0.15, 0.2) is 36.5 Å². The molecular formula is C23H25BClF3N6. The molecule has 2 N–H and O–H groups in total. The molecule has 178 valence electrons. The maximum Gasteiger partial charge on any atom is 0.418 e. The van der Waals surface area contributed by atoms with Crippen LogP contribution in [0.25, 0.3) is 11.0 Å². The number of halogens is 4. The average molecular weight is 489 g/mol. The second-order valence-corrected chi connectivity index (χ2v) is 8.32. The maximum atomic E-state index is 14.0. The van der Waals surface area contributed by atoms with Gasteiger partial charge in [0.2, 0.25) is 0 Å². The minimum atomic E-state index is -4.53. The Morgan fingerprint density at radius 3 is 2.59 bits per heavy atom. The van der Waals surface area contributed by atoms with Gasteiger partial charge in [-0.25, -0.2) is 10.2 Å². The zero-order valence-electron chi connectivity index (χ0n) is 17.9. The van der Waals surface area contributed by atoms with Crippen molar-refractivity contribution in [1.82, 2.24) is 15.3 Å². The Kier molecular flexibility index (Phi) is 7.90. The SMILES string of the molecule is C.CNCc1cnc2ccc(Cl)nc2c1Nc1ccc(N2CCB(C#N)CC2)c(C(F)(F)F)c1. The van der Waals surface area contributed by atoms with Crippen molar-refractivity contribution < 1.29 is 13.2 Å². The Morgan fingerprint density at radius 2 is 1.94 bits per heavy atom. The molecule has 3 aromatic rings. The lowest BCUT2D eigenvalue weighted by atomic mass is 9.45. The molecule has 0 saturated carbocycles. The number of hydrogen-bond donors (Lipinski definition) is 2. The molecule has 0 radical (unpaired) electrons. The van der Waals surface area contributed by atoms with Crippen LogP contribution in [0.2, 0.25) is 17.8 Å². The van der Waals surface area contributed by atoms with Gasteiger partial charge >= 0.3 is 6.18 Å². The zero-order valence-corrected chi connectivity index (χ0v) is 18.6. The highest BCUT2D eigenvalue weighted by Gasteiger charge is 2.36. The van der Waals surface area contributed by atoms with E-state index < -0.39 is 11.7 Å². The van der Waals surface area contributed by atoms with Crippen molar-refractivity contribution in [3.05, 3.63) is 52.8 Å². The Hall–Kier alpha value is -3.03. The highest BCUT2D eigenvalue weighted by molar-refractivity contribution is 6.67. The number of hydrogen-bond acceptors (Lipinski definition) is 6. The standard InChI is InChI=1S/C22H21BClF3N6.CH4/c1-29-11-14-12-30-17-3-5-19(24)32-21(17)20(14)31-15-2-4-18(16(10-15)22(25,26)27)33-8-6-23(13-28)7-9-33;/h2-5,10,12,29H,6-9,11H2,1H3,(H,30,31);1H4. The number of benzene rings is 1. The third-order valence-electron chi connectivity index (χ3n) is 5.71. The molecule has 1 saturated heterocycles. The predicted molar refractivity (Wildman–Crippen MR) is 132 cm³/mol. The molecule has 1 fully saturated rings. The van der Waals surface area contributed by atoms with Crippen LogP contribution >= 0.6 is 11.6 Å². The van der Waals surface area contributed by atoms with Crippen molar-refractivity contribution in [2.45, 2.75) is 32.8 Å². The second kappa shape index (κ2) is 10.5. The highest BCUT2D eigenvalue weighted by atomic mass is 35.5. The normalized spacial score (nSPS) is 14.0. The third-order valence-corrected chi connectivity index (χ3v) is 5.92. The van der Waals surface area contributed by atoms with E-state index in [9.17, 15) is 13.2 Å². The van der Waals surface area contributed by atoms with Crippen LogP contribution in [0, 0.1) is 11.2 Å². The van der Waals surface area contributed by atoms with E-state index in [1.54, 1.807) is 36.3 Å². The van der Waals surface area contributed by atoms with Crippen LogP contribution in [0.3, 0.4) is 0 Å². The van der Waals surface area contributed by atoms with E-state index >= 15 is 0 Å². The fraction of sp³-hybridized carbons (Fsp3) is 0.348. The zero-order chi connectivity index (χ0) is 23.6. The number of nitrogens with one attached hydrogen (secondary N) is 2. The molecule has 6 nitrogen and oxygen atoms in total. The van der Waals surface area contributed by atoms with Gasteiger partial charge in [-0.1, -0.05) is 19.0 Å². The van der Waals surface area contributed by atoms with Crippen LogP contribution in [0.5, 0.6) is 0 Å². The van der Waals surface area contributed by atoms with E-state index in [1.165, 1.54) is 6.07 Å². The molecule has 3 heterocycles. The van der Waals surface area contributed by atoms with Crippen LogP contribution < -0.4 is 15.5 Å². The summed E-state index contributed by atoms with van der Waals surface area (Å²) in [6.07, 6.45) is -1.77. The summed E-state index contributed by atoms with van der Waals surface area (Å²) < 4.78 is 42.0. The molecule has 1 aromatic carbocycles. The summed E-state index contributed by atoms with van der Waals surface area (Å²) in [4.78, 5) is 10.4. The van der Waals surface area contributed by atoms with Crippen LogP contribution in [0.1, 0.15) is 18.6 Å². The van der Waals surface area contributed by atoms with Gasteiger partial charge in [0.15, 0.2) is 0 Å². The Bertz CT molecular complexity index is 1210. The van der Waals surface area contributed by atoms with Crippen molar-refractivity contribution in [1.29, 1.82) is 5.26 Å². The predicted octanol–water partition coefficient (Wildman–Crippen LogP) is 5.78. The molecule has 0 unspecified atom stereocenters. The number of pyridine rings is 2. The van der Waals surface area contributed by atoms with Gasteiger partial charge in [0.1, 0.15) is 10.7 Å². The minimum absolute atomic E-state index is 0. The molecular weight excluding hydrogens is 464 g/mol. The van der Waals surface area contributed by atoms with Crippen LogP contribution in [-0.2, 0) is 12.7 Å². The maximum absolute atomic E-state index is 14.0. The monoisotopic (exact) mass is 488 g/mol. The van der Waals surface area contributed by atoms with Crippen molar-refractivity contribution in [2.24, 2.45) is 0 Å². The molecule has 0 amide bonds. The first-order valence-electron chi connectivity index (χ1n) is 10.5. The first-order valence-corrected chi connectivity index (χ1v) is 10.9. The molecule has 0 spiro atoms. The summed E-state index contributed by atoms with van der Waals surface area (Å²) in [7, 11) is 1.77. The molecule has 11 heteroatoms. The summed E-state index contributed by atoms with van der Waals surface area (Å²) in [5.41, 5.74) is 2.04. The van der Waals surface area contributed by atoms with Gasteiger partial charge in [0.05, 0.1) is 16.8 Å². The first-order chi connectivity index (χ1) is 15.8. The van der Waals surface area contributed by atoms with E-state index in [0.717, 1.165) is 11.6 Å². The number of anilines is 3. The van der Waals surface area contributed by atoms with Crippen molar-refractivity contribution >= 4 is 46.4 Å². The number of fused-ring (bicyclic) bond motifs is 1. The topological polar surface area (TPSA) is 76.9 Å². The summed E-state index contributed by atoms with van der Waals surface area (Å²) in [5, 5.41) is 15.5. The van der Waals surface area contributed by atoms with E-state index in [-0.39, 0.29) is 30.7 Å². The average Bonchev–Trinajstić information content (AvgIpc) is 2.80. The second-order valence-electron chi connectivity index (χ2n) is 7.94. The van der Waals surface area contributed by atoms with E-state index in [4.69, 9.17) is 16.9 Å². The number of alkyl halides is 3. The quantitative estimate of drug-likeness (QED) is 0.350. The summed E-state index contributed by atoms with van der Waals surface area (Å²) >= 11 is 6.08. The van der Waals surface area contributed by atoms with Crippen molar-refractivity contribution in [3.8, 4) is 5.97 Å². The molecule has 34 heavy (non-hydrogen) atoms. The van der Waals surface area contributed by atoms with Gasteiger partial charge in [0.25, 0.3) is 6.71 Å². The van der Waals surface area contributed by atoms with Gasteiger partial charge in [-0.15, -0.1) is 0 Å². The lowest BCUT2D eigenvalue weighted by molar-refractivity contribution is -0.137. The number of rotatable bonds is 5. The van der Waals surface area contributed by atoms with E-state index in [1.807, 2.05) is 0 Å². The highest BCUT2D eigenvalue weighted by Crippen LogP contribution is 2.40. The van der Waals surface area contributed by atoms with Crippen LogP contribution in [-0.4, -0.2) is 36.8 Å². The Balaban J connectivity index is 0.00000324. The first kappa shape index (κ1) is 25.6. The molecule has 0 aliphatic carbocycles. The Morgan fingerprint density at radius 1 is 1.21 bits per heavy atom. The number of aromatic nitrogens is 2. The number of nitriles is 1. The fourth-order valence-electron chi connectivity index (χ4n) is 4.05. The molecule has 2 aromatic heterocycles. The van der Waals surface area contributed by atoms with Gasteiger partial charge in [-0.2, -0.15) is 13.2 Å². The lowest BCUT2D eigenvalue weighted by Gasteiger charge is -2.32. The summed E-state index contributed by atoms with van der Waals surface area (Å²) in [6, 6.07) is 7.56. The molecule has 1 aliphatic heterocycles. The van der Waals surface area contributed by atoms with Gasteiger partial charge < -0.3 is 15.5 Å². The molecule has 0 atom stereocenters. The molecule has 1 aliphatic rings. The van der Waals surface area contributed by atoms with Crippen molar-refractivity contribution in [2.75, 3.05) is 30.4 Å². The van der Waals surface area contributed by atoms with Crippen LogP contribution in [0.4, 0.5) is 30.2 Å². The molecule has 4 rings (SSSR count). The smallest absolute Gasteiger partial charge is 0.372 e. The third kappa shape index (κ3) is 5.37.